The van der Waals surface area contributed by atoms with Crippen molar-refractivity contribution in [3.05, 3.63) is 70.6 Å². The minimum Gasteiger partial charge on any atom is -0.341 e. The molecule has 0 aliphatic heterocycles. The van der Waals surface area contributed by atoms with Crippen LogP contribution in [0.3, 0.4) is 0 Å². The van der Waals surface area contributed by atoms with Crippen LogP contribution >= 0.6 is 15.9 Å². The van der Waals surface area contributed by atoms with Crippen LogP contribution in [0.25, 0.3) is 11.3 Å². The first-order chi connectivity index (χ1) is 13.7. The number of anilines is 1. The average Bonchev–Trinajstić information content (AvgIpc) is 3.09. The Morgan fingerprint density at radius 3 is 2.79 bits per heavy atom. The molecule has 28 heavy (non-hydrogen) atoms. The predicted molar refractivity (Wildman–Crippen MR) is 115 cm³/mol. The first kappa shape index (κ1) is 18.9. The molecule has 0 spiro atoms. The molecule has 4 rings (SSSR count). The van der Waals surface area contributed by atoms with Gasteiger partial charge in [-0.25, -0.2) is 4.98 Å². The van der Waals surface area contributed by atoms with E-state index in [4.69, 9.17) is 0 Å². The van der Waals surface area contributed by atoms with E-state index < -0.39 is 0 Å². The highest BCUT2D eigenvalue weighted by molar-refractivity contribution is 9.10. The monoisotopic (exact) mass is 438 g/mol. The number of H-pyrrole nitrogens is 1. The molecule has 3 aromatic rings. The van der Waals surface area contributed by atoms with Crippen molar-refractivity contribution in [1.29, 1.82) is 0 Å². The average molecular weight is 439 g/mol. The minimum absolute atomic E-state index is 0.145. The number of nitrogens with zero attached hydrogens (tertiary/aromatic N) is 1. The number of nitrogens with one attached hydrogen (secondary N) is 3. The number of aromatic amines is 1. The van der Waals surface area contributed by atoms with Gasteiger partial charge in [0.05, 0.1) is 18.4 Å². The van der Waals surface area contributed by atoms with Gasteiger partial charge in [-0.05, 0) is 42.7 Å². The second-order valence-corrected chi connectivity index (χ2v) is 8.09. The number of rotatable bonds is 7. The number of amides is 1. The second kappa shape index (κ2) is 8.71. The van der Waals surface area contributed by atoms with Crippen molar-refractivity contribution in [3.63, 3.8) is 0 Å². The number of hydrogen-bond acceptors (Lipinski definition) is 3. The molecule has 0 unspecified atom stereocenters. The van der Waals surface area contributed by atoms with E-state index in [1.165, 1.54) is 0 Å². The van der Waals surface area contributed by atoms with E-state index in [0.29, 0.717) is 13.1 Å². The summed E-state index contributed by atoms with van der Waals surface area (Å²) in [6.45, 7) is 1.35. The highest BCUT2D eigenvalue weighted by atomic mass is 79.9. The molecule has 1 amide bonds. The summed E-state index contributed by atoms with van der Waals surface area (Å²) in [6, 6.07) is 16.1. The topological polar surface area (TPSA) is 69.8 Å². The maximum atomic E-state index is 12.1. The van der Waals surface area contributed by atoms with Gasteiger partial charge in [0.2, 0.25) is 5.91 Å². The van der Waals surface area contributed by atoms with E-state index in [1.807, 2.05) is 36.5 Å². The van der Waals surface area contributed by atoms with Gasteiger partial charge < -0.3 is 15.6 Å². The number of benzene rings is 2. The van der Waals surface area contributed by atoms with Crippen LogP contribution in [0, 0.1) is 5.92 Å². The Kier molecular flexibility index (Phi) is 5.88. The number of hydrogen-bond donors (Lipinski definition) is 3. The Morgan fingerprint density at radius 1 is 1.14 bits per heavy atom. The summed E-state index contributed by atoms with van der Waals surface area (Å²) < 4.78 is 1.04. The van der Waals surface area contributed by atoms with E-state index in [0.717, 1.165) is 52.1 Å². The summed E-state index contributed by atoms with van der Waals surface area (Å²) in [5, 5.41) is 6.43. The molecule has 5 nitrogen and oxygen atoms in total. The van der Waals surface area contributed by atoms with Crippen molar-refractivity contribution >= 4 is 27.5 Å². The van der Waals surface area contributed by atoms with Gasteiger partial charge in [0.25, 0.3) is 0 Å². The highest BCUT2D eigenvalue weighted by Crippen LogP contribution is 2.27. The summed E-state index contributed by atoms with van der Waals surface area (Å²) in [7, 11) is 0. The maximum Gasteiger partial charge on any atom is 0.227 e. The van der Waals surface area contributed by atoms with Crippen molar-refractivity contribution in [3.8, 4) is 11.3 Å². The van der Waals surface area contributed by atoms with Gasteiger partial charge >= 0.3 is 0 Å². The third-order valence-corrected chi connectivity index (χ3v) is 5.55. The van der Waals surface area contributed by atoms with Crippen molar-refractivity contribution in [1.82, 2.24) is 15.3 Å². The lowest BCUT2D eigenvalue weighted by molar-refractivity contribution is -0.122. The highest BCUT2D eigenvalue weighted by Gasteiger charge is 2.25. The second-order valence-electron chi connectivity index (χ2n) is 7.17. The zero-order valence-corrected chi connectivity index (χ0v) is 17.1. The van der Waals surface area contributed by atoms with Crippen LogP contribution in [0.15, 0.2) is 59.2 Å². The van der Waals surface area contributed by atoms with Crippen LogP contribution in [0.4, 0.5) is 5.69 Å². The first-order valence-electron chi connectivity index (χ1n) is 9.58. The zero-order chi connectivity index (χ0) is 19.3. The van der Waals surface area contributed by atoms with Crippen molar-refractivity contribution < 1.29 is 4.79 Å². The summed E-state index contributed by atoms with van der Waals surface area (Å²) in [6.07, 6.45) is 5.05. The lowest BCUT2D eigenvalue weighted by Gasteiger charge is -2.24. The molecule has 1 fully saturated rings. The van der Waals surface area contributed by atoms with E-state index >= 15 is 0 Å². The fraction of sp³-hybridized carbons (Fsp3) is 0.273. The molecule has 0 radical (unpaired) electrons. The minimum atomic E-state index is 0.145. The summed E-state index contributed by atoms with van der Waals surface area (Å²) in [5.74, 6) is 1.23. The predicted octanol–water partition coefficient (Wildman–Crippen LogP) is 4.87. The molecule has 2 aromatic carbocycles. The fourth-order valence-corrected chi connectivity index (χ4v) is 3.65. The Hall–Kier alpha value is -2.44. The van der Waals surface area contributed by atoms with Crippen molar-refractivity contribution in [2.75, 3.05) is 5.32 Å². The van der Waals surface area contributed by atoms with E-state index in [2.05, 4.69) is 54.7 Å². The summed E-state index contributed by atoms with van der Waals surface area (Å²) in [5.41, 5.74) is 4.10. The van der Waals surface area contributed by atoms with Gasteiger partial charge in [0, 0.05) is 28.2 Å². The molecule has 1 aliphatic carbocycles. The molecule has 0 bridgehead atoms. The molecule has 0 atom stereocenters. The number of carbonyl (C=O) groups is 1. The number of aromatic nitrogens is 2. The molecule has 0 saturated heterocycles. The lowest BCUT2D eigenvalue weighted by Crippen LogP contribution is -2.28. The lowest BCUT2D eigenvalue weighted by atomic mass is 9.85. The molecule has 3 N–H and O–H groups in total. The largest absolute Gasteiger partial charge is 0.341 e. The van der Waals surface area contributed by atoms with Crippen molar-refractivity contribution in [2.45, 2.75) is 32.4 Å². The summed E-state index contributed by atoms with van der Waals surface area (Å²) in [4.78, 5) is 19.9. The van der Waals surface area contributed by atoms with Gasteiger partial charge in [-0.2, -0.15) is 0 Å². The molecule has 1 saturated carbocycles. The SMILES string of the molecule is O=C(Nc1cccc(CNCc2ncc(-c3cccc(Br)c3)[nH]2)c1)C1CCC1. The third kappa shape index (κ3) is 4.69. The van der Waals surface area contributed by atoms with Crippen LogP contribution < -0.4 is 10.6 Å². The van der Waals surface area contributed by atoms with Gasteiger partial charge in [-0.15, -0.1) is 0 Å². The molecule has 1 aliphatic rings. The molecule has 144 valence electrons. The van der Waals surface area contributed by atoms with Gasteiger partial charge in [-0.1, -0.05) is 46.6 Å². The maximum absolute atomic E-state index is 12.1. The fourth-order valence-electron chi connectivity index (χ4n) is 3.25. The first-order valence-corrected chi connectivity index (χ1v) is 10.4. The van der Waals surface area contributed by atoms with Gasteiger partial charge in [0.1, 0.15) is 5.82 Å². The molecule has 1 aromatic heterocycles. The normalized spacial score (nSPS) is 13.9. The number of halogens is 1. The van der Waals surface area contributed by atoms with Crippen molar-refractivity contribution in [2.24, 2.45) is 5.92 Å². The third-order valence-electron chi connectivity index (χ3n) is 5.06. The zero-order valence-electron chi connectivity index (χ0n) is 15.5. The van der Waals surface area contributed by atoms with Crippen LogP contribution in [0.2, 0.25) is 0 Å². The van der Waals surface area contributed by atoms with Gasteiger partial charge in [-0.3, -0.25) is 4.79 Å². The molecule has 1 heterocycles. The Morgan fingerprint density at radius 2 is 2.00 bits per heavy atom. The molecular weight excluding hydrogens is 416 g/mol. The van der Waals surface area contributed by atoms with Crippen LogP contribution in [-0.2, 0) is 17.9 Å². The van der Waals surface area contributed by atoms with E-state index in [-0.39, 0.29) is 11.8 Å². The standard InChI is InChI=1S/C22H23BrN4O/c23-18-8-3-7-17(11-18)20-13-25-21(27-20)14-24-12-15-4-1-9-19(10-15)26-22(28)16-5-2-6-16/h1,3-4,7-11,13,16,24H,2,5-6,12,14H2,(H,25,27)(H,26,28). The number of imidazole rings is 1. The molecule has 6 heteroatoms. The van der Waals surface area contributed by atoms with E-state index in [9.17, 15) is 4.79 Å². The molecular formula is C22H23BrN4O. The summed E-state index contributed by atoms with van der Waals surface area (Å²) >= 11 is 3.50. The van der Waals surface area contributed by atoms with Crippen LogP contribution in [0.1, 0.15) is 30.7 Å². The van der Waals surface area contributed by atoms with Crippen LogP contribution in [-0.4, -0.2) is 15.9 Å². The Balaban J connectivity index is 1.30. The van der Waals surface area contributed by atoms with Gasteiger partial charge in [0.15, 0.2) is 0 Å². The van der Waals surface area contributed by atoms with E-state index in [1.54, 1.807) is 0 Å². The quantitative estimate of drug-likeness (QED) is 0.492. The Bertz CT molecular complexity index is 964. The smallest absolute Gasteiger partial charge is 0.227 e. The Labute approximate surface area is 173 Å². The number of carbonyl (C=O) groups excluding carboxylic acids is 1. The van der Waals surface area contributed by atoms with Crippen LogP contribution in [0.5, 0.6) is 0 Å².